The second kappa shape index (κ2) is 11.2. The van der Waals surface area contributed by atoms with Crippen molar-refractivity contribution < 1.29 is 26.7 Å². The van der Waals surface area contributed by atoms with Crippen LogP contribution in [-0.4, -0.2) is 39.9 Å². The summed E-state index contributed by atoms with van der Waals surface area (Å²) >= 11 is 0. The quantitative estimate of drug-likeness (QED) is 0.225. The maximum absolute atomic E-state index is 15.3. The van der Waals surface area contributed by atoms with Gasteiger partial charge in [0, 0.05) is 24.0 Å². The van der Waals surface area contributed by atoms with Crippen molar-refractivity contribution in [2.45, 2.75) is 32.1 Å². The number of hydrogen-bond acceptors (Lipinski definition) is 6. The molecule has 11 heteroatoms. The summed E-state index contributed by atoms with van der Waals surface area (Å²) in [5.41, 5.74) is 2.22. The molecular formula is C32H27F2N3O5S. The normalized spacial score (nSPS) is 15.0. The largest absolute Gasteiger partial charge is 0.452 e. The molecule has 1 aliphatic rings. The zero-order valence-electron chi connectivity index (χ0n) is 23.2. The predicted octanol–water partition coefficient (Wildman–Crippen LogP) is 5.58. The van der Waals surface area contributed by atoms with E-state index in [0.717, 1.165) is 5.56 Å². The molecule has 0 unspecified atom stereocenters. The molecule has 5 aromatic rings. The molecule has 0 atom stereocenters. The number of ether oxygens (including phenoxy) is 1. The van der Waals surface area contributed by atoms with Gasteiger partial charge in [-0.05, 0) is 97.5 Å². The number of aromatic nitrogens is 3. The fourth-order valence-electron chi connectivity index (χ4n) is 5.43. The van der Waals surface area contributed by atoms with E-state index in [0.29, 0.717) is 41.1 Å². The fraction of sp³-hybridized carbons (Fsp3) is 0.219. The van der Waals surface area contributed by atoms with Crippen LogP contribution in [0, 0.1) is 18.6 Å². The van der Waals surface area contributed by atoms with E-state index in [9.17, 15) is 22.4 Å². The number of hydrogen-bond donors (Lipinski definition) is 0. The summed E-state index contributed by atoms with van der Waals surface area (Å²) < 4.78 is 61.4. The van der Waals surface area contributed by atoms with Crippen molar-refractivity contribution in [3.8, 4) is 17.2 Å². The standard InChI is InChI=1S/C32H27F2N3O5S/c1-20-2-8-26(32(39)37(20)25-6-4-24(33)5-7-25)29(38)17-21-3-9-30(27(34)16-21)42-31-18-23(19-36-28(31)10-13-35-36)22-11-14-43(40,41)15-12-22/h2-10,13,16,18-19,22H,11-12,14-15,17H2,1H3. The average molecular weight is 604 g/mol. The molecule has 0 aliphatic carbocycles. The predicted molar refractivity (Wildman–Crippen MR) is 157 cm³/mol. The number of ketones is 1. The number of sulfone groups is 1. The van der Waals surface area contributed by atoms with Crippen molar-refractivity contribution in [3.05, 3.63) is 123 Å². The number of Topliss-reactive ketones (excluding diaryl/α,β-unsaturated/α-hetero) is 1. The molecule has 0 radical (unpaired) electrons. The maximum Gasteiger partial charge on any atom is 0.266 e. The lowest BCUT2D eigenvalue weighted by Gasteiger charge is -2.23. The van der Waals surface area contributed by atoms with Gasteiger partial charge in [0.05, 0.1) is 23.3 Å². The number of fused-ring (bicyclic) bond motifs is 1. The number of pyridine rings is 2. The van der Waals surface area contributed by atoms with Crippen molar-refractivity contribution in [1.82, 2.24) is 14.2 Å². The number of carbonyl (C=O) groups is 1. The van der Waals surface area contributed by atoms with Gasteiger partial charge in [0.15, 0.2) is 23.1 Å². The highest BCUT2D eigenvalue weighted by Gasteiger charge is 2.26. The first kappa shape index (κ1) is 28.5. The Morgan fingerprint density at radius 1 is 0.977 bits per heavy atom. The lowest BCUT2D eigenvalue weighted by molar-refractivity contribution is 0.0991. The van der Waals surface area contributed by atoms with Crippen molar-refractivity contribution in [1.29, 1.82) is 0 Å². The minimum absolute atomic E-state index is 0.00660. The van der Waals surface area contributed by atoms with Gasteiger partial charge in [-0.25, -0.2) is 21.7 Å². The molecule has 0 N–H and O–H groups in total. The SMILES string of the molecule is Cc1ccc(C(=O)Cc2ccc(Oc3cc(C4CCS(=O)(=O)CC4)cn4nccc34)c(F)c2)c(=O)n1-c1ccc(F)cc1. The van der Waals surface area contributed by atoms with Crippen molar-refractivity contribution in [2.24, 2.45) is 0 Å². The van der Waals surface area contributed by atoms with Crippen LogP contribution < -0.4 is 10.3 Å². The maximum atomic E-state index is 15.3. The van der Waals surface area contributed by atoms with E-state index < -0.39 is 32.8 Å². The van der Waals surface area contributed by atoms with Gasteiger partial charge in [0.2, 0.25) is 0 Å². The van der Waals surface area contributed by atoms with Crippen LogP contribution in [0.15, 0.2) is 83.9 Å². The van der Waals surface area contributed by atoms with Crippen LogP contribution >= 0.6 is 0 Å². The van der Waals surface area contributed by atoms with Gasteiger partial charge in [0.25, 0.3) is 5.56 Å². The van der Waals surface area contributed by atoms with Crippen LogP contribution in [0.3, 0.4) is 0 Å². The van der Waals surface area contributed by atoms with Crippen LogP contribution in [0.25, 0.3) is 11.2 Å². The minimum Gasteiger partial charge on any atom is -0.452 e. The average Bonchev–Trinajstić information content (AvgIpc) is 3.45. The highest BCUT2D eigenvalue weighted by atomic mass is 32.2. The first-order chi connectivity index (χ1) is 20.6. The van der Waals surface area contributed by atoms with E-state index in [1.165, 1.54) is 47.0 Å². The molecular weight excluding hydrogens is 576 g/mol. The van der Waals surface area contributed by atoms with Gasteiger partial charge in [-0.15, -0.1) is 0 Å². The summed E-state index contributed by atoms with van der Waals surface area (Å²) in [5.74, 6) is -1.08. The van der Waals surface area contributed by atoms with E-state index in [4.69, 9.17) is 4.74 Å². The minimum atomic E-state index is -3.03. The number of halogens is 2. The van der Waals surface area contributed by atoms with E-state index in [2.05, 4.69) is 5.10 Å². The van der Waals surface area contributed by atoms with E-state index in [1.807, 2.05) is 6.20 Å². The first-order valence-electron chi connectivity index (χ1n) is 13.7. The van der Waals surface area contributed by atoms with E-state index in [-0.39, 0.29) is 35.2 Å². The topological polar surface area (TPSA) is 99.7 Å². The summed E-state index contributed by atoms with van der Waals surface area (Å²) in [6, 6.07) is 16.2. The molecule has 8 nitrogen and oxygen atoms in total. The molecule has 0 saturated carbocycles. The number of carbonyl (C=O) groups excluding carboxylic acids is 1. The number of nitrogens with zero attached hydrogens (tertiary/aromatic N) is 3. The summed E-state index contributed by atoms with van der Waals surface area (Å²) in [6.45, 7) is 1.71. The molecule has 0 bridgehead atoms. The van der Waals surface area contributed by atoms with Gasteiger partial charge in [-0.1, -0.05) is 6.07 Å². The molecule has 2 aromatic carbocycles. The van der Waals surface area contributed by atoms with Gasteiger partial charge in [0.1, 0.15) is 21.2 Å². The summed E-state index contributed by atoms with van der Waals surface area (Å²) in [6.07, 6.45) is 4.19. The van der Waals surface area contributed by atoms with Crippen LogP contribution in [0.4, 0.5) is 8.78 Å². The van der Waals surface area contributed by atoms with Gasteiger partial charge < -0.3 is 4.74 Å². The summed E-state index contributed by atoms with van der Waals surface area (Å²) in [5, 5.41) is 4.29. The molecule has 1 aliphatic heterocycles. The molecule has 1 fully saturated rings. The van der Waals surface area contributed by atoms with Gasteiger partial charge >= 0.3 is 0 Å². The molecule has 6 rings (SSSR count). The highest BCUT2D eigenvalue weighted by Crippen LogP contribution is 2.35. The van der Waals surface area contributed by atoms with Crippen molar-refractivity contribution in [3.63, 3.8) is 0 Å². The van der Waals surface area contributed by atoms with Gasteiger partial charge in [-0.2, -0.15) is 5.10 Å². The molecule has 0 spiro atoms. The first-order valence-corrected chi connectivity index (χ1v) is 15.6. The Labute approximate surface area is 246 Å². The second-order valence-corrected chi connectivity index (χ2v) is 13.0. The monoisotopic (exact) mass is 603 g/mol. The van der Waals surface area contributed by atoms with Crippen molar-refractivity contribution in [2.75, 3.05) is 11.5 Å². The van der Waals surface area contributed by atoms with E-state index in [1.54, 1.807) is 41.9 Å². The number of benzene rings is 2. The lowest BCUT2D eigenvalue weighted by Crippen LogP contribution is -2.27. The highest BCUT2D eigenvalue weighted by molar-refractivity contribution is 7.91. The Bertz CT molecular complexity index is 2020. The second-order valence-electron chi connectivity index (χ2n) is 10.7. The third-order valence-electron chi connectivity index (χ3n) is 7.76. The molecule has 3 aromatic heterocycles. The Balaban J connectivity index is 1.23. The van der Waals surface area contributed by atoms with Gasteiger partial charge in [-0.3, -0.25) is 14.2 Å². The third kappa shape index (κ3) is 5.85. The van der Waals surface area contributed by atoms with Crippen LogP contribution in [0.1, 0.15) is 45.9 Å². The Morgan fingerprint density at radius 2 is 1.72 bits per heavy atom. The third-order valence-corrected chi connectivity index (χ3v) is 9.48. The van der Waals surface area contributed by atoms with Crippen LogP contribution in [-0.2, 0) is 16.3 Å². The summed E-state index contributed by atoms with van der Waals surface area (Å²) in [4.78, 5) is 26.3. The summed E-state index contributed by atoms with van der Waals surface area (Å²) in [7, 11) is -3.03. The smallest absolute Gasteiger partial charge is 0.266 e. The van der Waals surface area contributed by atoms with Crippen LogP contribution in [0.5, 0.6) is 11.5 Å². The van der Waals surface area contributed by atoms with Crippen LogP contribution in [0.2, 0.25) is 0 Å². The molecule has 1 saturated heterocycles. The van der Waals surface area contributed by atoms with Crippen molar-refractivity contribution >= 4 is 21.1 Å². The molecule has 43 heavy (non-hydrogen) atoms. The zero-order valence-corrected chi connectivity index (χ0v) is 24.0. The Hall–Kier alpha value is -4.64. The van der Waals surface area contributed by atoms with E-state index >= 15 is 4.39 Å². The number of rotatable bonds is 7. The molecule has 4 heterocycles. The fourth-order valence-corrected chi connectivity index (χ4v) is 6.93. The zero-order chi connectivity index (χ0) is 30.3. The Kier molecular flexibility index (Phi) is 7.43. The number of aryl methyl sites for hydroxylation is 1. The molecule has 0 amide bonds. The Morgan fingerprint density at radius 3 is 2.44 bits per heavy atom. The molecule has 220 valence electrons. The lowest BCUT2D eigenvalue weighted by atomic mass is 9.94.